The van der Waals surface area contributed by atoms with Crippen molar-refractivity contribution in [2.75, 3.05) is 54.1 Å². The van der Waals surface area contributed by atoms with Crippen LogP contribution in [0.3, 0.4) is 0 Å². The van der Waals surface area contributed by atoms with Crippen LogP contribution in [0.2, 0.25) is 0 Å². The van der Waals surface area contributed by atoms with Gasteiger partial charge in [-0.1, -0.05) is 182 Å². The van der Waals surface area contributed by atoms with Crippen molar-refractivity contribution < 1.29 is 37.3 Å². The van der Waals surface area contributed by atoms with Gasteiger partial charge in [0.2, 0.25) is 0 Å². The zero-order valence-electron chi connectivity index (χ0n) is 41.2. The molecule has 0 saturated carbocycles. The summed E-state index contributed by atoms with van der Waals surface area (Å²) in [7, 11) is 1.33. The summed E-state index contributed by atoms with van der Waals surface area (Å²) in [5.41, 5.74) is 0. The third kappa shape index (κ3) is 50.5. The van der Waals surface area contributed by atoms with Gasteiger partial charge in [-0.15, -0.1) is 0 Å². The van der Waals surface area contributed by atoms with E-state index in [1.54, 1.807) is 0 Å². The molecule has 0 aliphatic rings. The number of quaternary nitrogens is 1. The van der Waals surface area contributed by atoms with Gasteiger partial charge in [0.25, 0.3) is 7.82 Å². The molecule has 0 aliphatic heterocycles. The van der Waals surface area contributed by atoms with Crippen LogP contribution >= 0.6 is 7.82 Å². The molecule has 2 atom stereocenters. The summed E-state index contributed by atoms with van der Waals surface area (Å²) in [5.74, 6) is -0.353. The Bertz CT molecular complexity index is 1280. The minimum Gasteiger partial charge on any atom is -0.756 e. The third-order valence-electron chi connectivity index (χ3n) is 10.4. The molecule has 0 bridgehead atoms. The van der Waals surface area contributed by atoms with Crippen molar-refractivity contribution in [3.8, 4) is 0 Å². The molecule has 0 aliphatic carbocycles. The second-order valence-electron chi connectivity index (χ2n) is 17.8. The molecule has 0 N–H and O–H groups in total. The number of rotatable bonds is 46. The maximum Gasteiger partial charge on any atom is 0.306 e. The van der Waals surface area contributed by atoms with Crippen LogP contribution in [0.15, 0.2) is 85.1 Å². The number of carbonyl (C=O) groups excluding carboxylic acids is 1. The van der Waals surface area contributed by atoms with Gasteiger partial charge in [-0.3, -0.25) is 9.36 Å². The Kier molecular flexibility index (Phi) is 44.5. The van der Waals surface area contributed by atoms with E-state index in [0.717, 1.165) is 96.3 Å². The maximum atomic E-state index is 12.7. The monoisotopic (exact) mass is 902 g/mol. The molecule has 0 radical (unpaired) electrons. The quantitative estimate of drug-likeness (QED) is 0.0197. The average molecular weight is 902 g/mol. The standard InChI is InChI=1S/C54H96NO7P/c1-6-8-10-12-14-16-18-20-22-24-26-28-29-31-33-35-37-39-41-43-45-47-54(56)62-53(52-61-63(57,58)60-50-48-55(3,4)5)51-59-49-46-44-42-40-38-36-34-32-30-27-25-23-21-19-17-15-13-11-9-7-2/h9,11,15,17-18,20-21,23-24,26-27,29-31,53H,6-8,10,12-14,16,19,22,25,28,32-52H2,1-5H3/b11-9-,17-15-,20-18-,23-21-,26-24-,30-27-,31-29-. The van der Waals surface area contributed by atoms with Crippen LogP contribution in [-0.2, 0) is 27.9 Å². The van der Waals surface area contributed by atoms with E-state index < -0.39 is 13.9 Å². The van der Waals surface area contributed by atoms with Gasteiger partial charge < -0.3 is 27.9 Å². The van der Waals surface area contributed by atoms with Crippen molar-refractivity contribution in [1.29, 1.82) is 0 Å². The molecule has 0 aromatic carbocycles. The van der Waals surface area contributed by atoms with E-state index in [2.05, 4.69) is 98.9 Å². The van der Waals surface area contributed by atoms with Crippen molar-refractivity contribution in [2.45, 2.75) is 200 Å². The van der Waals surface area contributed by atoms with E-state index in [0.29, 0.717) is 24.1 Å². The predicted octanol–water partition coefficient (Wildman–Crippen LogP) is 15.0. The zero-order chi connectivity index (χ0) is 46.2. The lowest BCUT2D eigenvalue weighted by molar-refractivity contribution is -0.870. The Morgan fingerprint density at radius 2 is 0.921 bits per heavy atom. The van der Waals surface area contributed by atoms with Crippen molar-refractivity contribution in [3.05, 3.63) is 85.1 Å². The number of ether oxygens (including phenoxy) is 2. The molecule has 0 saturated heterocycles. The van der Waals surface area contributed by atoms with E-state index in [4.69, 9.17) is 18.5 Å². The number of hydrogen-bond donors (Lipinski definition) is 0. The molecule has 2 unspecified atom stereocenters. The number of likely N-dealkylation sites (N-methyl/N-ethyl adjacent to an activating group) is 1. The van der Waals surface area contributed by atoms with Crippen LogP contribution in [0, 0.1) is 0 Å². The molecule has 0 aromatic rings. The minimum absolute atomic E-state index is 0.0163. The molecular formula is C54H96NO7P. The zero-order valence-corrected chi connectivity index (χ0v) is 42.1. The van der Waals surface area contributed by atoms with Crippen LogP contribution in [0.5, 0.6) is 0 Å². The number of nitrogens with zero attached hydrogens (tertiary/aromatic N) is 1. The predicted molar refractivity (Wildman–Crippen MR) is 268 cm³/mol. The van der Waals surface area contributed by atoms with Gasteiger partial charge in [0.05, 0.1) is 34.4 Å². The second kappa shape index (κ2) is 46.2. The highest BCUT2D eigenvalue weighted by Gasteiger charge is 2.20. The molecule has 0 aromatic heterocycles. The second-order valence-corrected chi connectivity index (χ2v) is 19.2. The Morgan fingerprint density at radius 1 is 0.508 bits per heavy atom. The lowest BCUT2D eigenvalue weighted by atomic mass is 10.1. The molecular weight excluding hydrogens is 806 g/mol. The summed E-state index contributed by atoms with van der Waals surface area (Å²) in [6.45, 7) is 5.24. The summed E-state index contributed by atoms with van der Waals surface area (Å²) < 4.78 is 34.7. The molecule has 9 heteroatoms. The average Bonchev–Trinajstić information content (AvgIpc) is 3.24. The number of phosphoric ester groups is 1. The van der Waals surface area contributed by atoms with Gasteiger partial charge in [-0.25, -0.2) is 0 Å². The molecule has 0 spiro atoms. The van der Waals surface area contributed by atoms with Crippen LogP contribution < -0.4 is 4.89 Å². The SMILES string of the molecule is CC/C=C\C/C=C\C/C=C\C/C=C\CCCCCCCCCOCC(COP(=O)([O-])OCC[N+](C)(C)C)OC(=O)CCCCCCCC/C=C\C/C=C\C/C=C\CCCCCCC. The van der Waals surface area contributed by atoms with Crippen LogP contribution in [-0.4, -0.2) is 70.7 Å². The van der Waals surface area contributed by atoms with Gasteiger partial charge in [0, 0.05) is 13.0 Å². The first-order valence-electron chi connectivity index (χ1n) is 25.3. The number of esters is 1. The van der Waals surface area contributed by atoms with Crippen molar-refractivity contribution >= 4 is 13.8 Å². The van der Waals surface area contributed by atoms with Gasteiger partial charge in [-0.2, -0.15) is 0 Å². The van der Waals surface area contributed by atoms with E-state index in [1.807, 2.05) is 21.1 Å². The highest BCUT2D eigenvalue weighted by atomic mass is 31.2. The Morgan fingerprint density at radius 3 is 1.38 bits per heavy atom. The smallest absolute Gasteiger partial charge is 0.306 e. The van der Waals surface area contributed by atoms with Gasteiger partial charge in [0.1, 0.15) is 19.3 Å². The number of allylic oxidation sites excluding steroid dienone is 14. The van der Waals surface area contributed by atoms with Crippen molar-refractivity contribution in [2.24, 2.45) is 0 Å². The number of unbranched alkanes of at least 4 members (excludes halogenated alkanes) is 18. The summed E-state index contributed by atoms with van der Waals surface area (Å²) in [6, 6.07) is 0. The van der Waals surface area contributed by atoms with E-state index in [-0.39, 0.29) is 25.8 Å². The fourth-order valence-electron chi connectivity index (χ4n) is 6.54. The third-order valence-corrected chi connectivity index (χ3v) is 11.4. The van der Waals surface area contributed by atoms with E-state index >= 15 is 0 Å². The van der Waals surface area contributed by atoms with Crippen molar-refractivity contribution in [1.82, 2.24) is 0 Å². The molecule has 0 rings (SSSR count). The Hall–Kier alpha value is -2.32. The molecule has 63 heavy (non-hydrogen) atoms. The lowest BCUT2D eigenvalue weighted by Crippen LogP contribution is -2.37. The first-order valence-corrected chi connectivity index (χ1v) is 26.8. The lowest BCUT2D eigenvalue weighted by Gasteiger charge is -2.28. The molecule has 8 nitrogen and oxygen atoms in total. The number of hydrogen-bond acceptors (Lipinski definition) is 7. The maximum absolute atomic E-state index is 12.7. The normalized spacial score (nSPS) is 14.3. The summed E-state index contributed by atoms with van der Waals surface area (Å²) in [4.78, 5) is 25.2. The Labute approximate surface area is 388 Å². The highest BCUT2D eigenvalue weighted by molar-refractivity contribution is 7.45. The van der Waals surface area contributed by atoms with E-state index in [1.165, 1.54) is 77.0 Å². The molecule has 0 heterocycles. The Balaban J connectivity index is 4.23. The summed E-state index contributed by atoms with van der Waals surface area (Å²) >= 11 is 0. The molecule has 364 valence electrons. The van der Waals surface area contributed by atoms with Gasteiger partial charge in [0.15, 0.2) is 0 Å². The fourth-order valence-corrected chi connectivity index (χ4v) is 7.27. The molecule has 0 amide bonds. The van der Waals surface area contributed by atoms with Crippen LogP contribution in [0.25, 0.3) is 0 Å². The van der Waals surface area contributed by atoms with Crippen molar-refractivity contribution in [3.63, 3.8) is 0 Å². The largest absolute Gasteiger partial charge is 0.756 e. The number of phosphoric acid groups is 1. The topological polar surface area (TPSA) is 94.1 Å². The van der Waals surface area contributed by atoms with Gasteiger partial charge in [-0.05, 0) is 89.9 Å². The molecule has 0 fully saturated rings. The van der Waals surface area contributed by atoms with Crippen LogP contribution in [0.4, 0.5) is 0 Å². The first-order chi connectivity index (χ1) is 30.6. The van der Waals surface area contributed by atoms with Gasteiger partial charge >= 0.3 is 5.97 Å². The number of carbonyl (C=O) groups is 1. The van der Waals surface area contributed by atoms with Crippen LogP contribution in [0.1, 0.15) is 194 Å². The fraction of sp³-hybridized carbons (Fsp3) is 0.722. The first kappa shape index (κ1) is 60.7. The highest BCUT2D eigenvalue weighted by Crippen LogP contribution is 2.38. The summed E-state index contributed by atoms with van der Waals surface area (Å²) in [5, 5.41) is 0. The minimum atomic E-state index is -4.54. The summed E-state index contributed by atoms with van der Waals surface area (Å²) in [6.07, 6.45) is 61.7. The van der Waals surface area contributed by atoms with E-state index in [9.17, 15) is 14.3 Å².